The minimum atomic E-state index is -4.24. The van der Waals surface area contributed by atoms with Crippen LogP contribution >= 0.6 is 0 Å². The molecule has 7 nitrogen and oxygen atoms in total. The second-order valence-electron chi connectivity index (χ2n) is 6.84. The highest BCUT2D eigenvalue weighted by atomic mass is 19.4. The van der Waals surface area contributed by atoms with Crippen molar-refractivity contribution < 1.29 is 32.2 Å². The summed E-state index contributed by atoms with van der Waals surface area (Å²) in [4.78, 5) is 25.0. The predicted octanol–water partition coefficient (Wildman–Crippen LogP) is 2.21. The smallest absolute Gasteiger partial charge is 0.401 e. The summed E-state index contributed by atoms with van der Waals surface area (Å²) in [5.41, 5.74) is 0.310. The molecule has 10 heteroatoms. The average molecular weight is 419 g/mol. The monoisotopic (exact) mass is 419 g/mol. The van der Waals surface area contributed by atoms with Crippen LogP contribution in [0.5, 0.6) is 11.5 Å². The third kappa shape index (κ3) is 10.0. The van der Waals surface area contributed by atoms with Gasteiger partial charge in [-0.15, -0.1) is 0 Å². The van der Waals surface area contributed by atoms with Crippen molar-refractivity contribution in [3.63, 3.8) is 0 Å². The fraction of sp³-hybridized carbons (Fsp3) is 0.579. The highest BCUT2D eigenvalue weighted by Gasteiger charge is 2.28. The summed E-state index contributed by atoms with van der Waals surface area (Å²) in [6, 6.07) is 4.50. The number of rotatable bonds is 11. The van der Waals surface area contributed by atoms with E-state index in [9.17, 15) is 22.8 Å². The van der Waals surface area contributed by atoms with Crippen molar-refractivity contribution in [3.05, 3.63) is 23.8 Å². The van der Waals surface area contributed by atoms with Crippen molar-refractivity contribution in [1.82, 2.24) is 15.5 Å². The summed E-state index contributed by atoms with van der Waals surface area (Å²) in [5.74, 6) is -0.0538. The molecule has 29 heavy (non-hydrogen) atoms. The molecule has 0 aromatic heterocycles. The van der Waals surface area contributed by atoms with Gasteiger partial charge in [-0.1, -0.05) is 0 Å². The Labute approximate surface area is 168 Å². The van der Waals surface area contributed by atoms with E-state index in [0.717, 1.165) is 4.90 Å². The lowest BCUT2D eigenvalue weighted by atomic mass is 10.2. The molecule has 0 aliphatic rings. The maximum Gasteiger partial charge on any atom is 0.401 e. The van der Waals surface area contributed by atoms with Crippen LogP contribution in [0, 0.1) is 0 Å². The van der Waals surface area contributed by atoms with E-state index >= 15 is 0 Å². The molecule has 0 saturated heterocycles. The topological polar surface area (TPSA) is 79.9 Å². The largest absolute Gasteiger partial charge is 0.493 e. The maximum absolute atomic E-state index is 12.3. The number of benzene rings is 1. The Morgan fingerprint density at radius 3 is 2.48 bits per heavy atom. The molecule has 0 spiro atoms. The van der Waals surface area contributed by atoms with Gasteiger partial charge in [0.1, 0.15) is 0 Å². The Bertz CT molecular complexity index is 681. The van der Waals surface area contributed by atoms with E-state index in [1.807, 2.05) is 13.8 Å². The molecule has 164 valence electrons. The Morgan fingerprint density at radius 1 is 1.21 bits per heavy atom. The summed E-state index contributed by atoms with van der Waals surface area (Å²) < 4.78 is 47.4. The van der Waals surface area contributed by atoms with Crippen LogP contribution in [-0.2, 0) is 4.79 Å². The second-order valence-corrected chi connectivity index (χ2v) is 6.84. The van der Waals surface area contributed by atoms with Gasteiger partial charge in [-0.05, 0) is 52.1 Å². The average Bonchev–Trinajstić information content (AvgIpc) is 2.61. The number of hydrogen-bond acceptors (Lipinski definition) is 5. The highest BCUT2D eigenvalue weighted by molar-refractivity contribution is 5.94. The van der Waals surface area contributed by atoms with Crippen LogP contribution in [0.4, 0.5) is 13.2 Å². The molecule has 2 amide bonds. The Kier molecular flexibility index (Phi) is 9.73. The molecule has 1 aromatic carbocycles. The van der Waals surface area contributed by atoms with Crippen molar-refractivity contribution in [2.75, 3.05) is 40.4 Å². The van der Waals surface area contributed by atoms with Crippen molar-refractivity contribution in [3.8, 4) is 11.5 Å². The van der Waals surface area contributed by atoms with Crippen LogP contribution in [-0.4, -0.2) is 69.3 Å². The first-order valence-corrected chi connectivity index (χ1v) is 9.15. The lowest BCUT2D eigenvalue weighted by Crippen LogP contribution is -2.34. The molecule has 0 fully saturated rings. The predicted molar refractivity (Wildman–Crippen MR) is 102 cm³/mol. The minimum absolute atomic E-state index is 0.00711. The van der Waals surface area contributed by atoms with Gasteiger partial charge in [0.2, 0.25) is 0 Å². The molecule has 1 aromatic rings. The number of nitrogens with zero attached hydrogens (tertiary/aromatic N) is 1. The Balaban J connectivity index is 2.52. The van der Waals surface area contributed by atoms with Crippen molar-refractivity contribution >= 4 is 11.8 Å². The van der Waals surface area contributed by atoms with Gasteiger partial charge in [-0.2, -0.15) is 13.2 Å². The number of halogens is 3. The van der Waals surface area contributed by atoms with E-state index in [1.54, 1.807) is 0 Å². The summed E-state index contributed by atoms with van der Waals surface area (Å²) in [7, 11) is 2.79. The fourth-order valence-corrected chi connectivity index (χ4v) is 2.47. The van der Waals surface area contributed by atoms with E-state index in [4.69, 9.17) is 9.47 Å². The van der Waals surface area contributed by atoms with Crippen LogP contribution in [0.2, 0.25) is 0 Å². The molecular weight excluding hydrogens is 391 g/mol. The first kappa shape index (κ1) is 24.5. The summed E-state index contributed by atoms with van der Waals surface area (Å²) in [5, 5.41) is 5.35. The minimum Gasteiger partial charge on any atom is -0.493 e. The number of carbonyl (C=O) groups excluding carboxylic acids is 2. The first-order chi connectivity index (χ1) is 13.5. The number of amides is 2. The summed E-state index contributed by atoms with van der Waals surface area (Å²) in [6.07, 6.45) is -3.87. The molecule has 0 radical (unpaired) electrons. The normalized spacial score (nSPS) is 11.5. The third-order valence-corrected chi connectivity index (χ3v) is 3.69. The van der Waals surface area contributed by atoms with Gasteiger partial charge >= 0.3 is 6.18 Å². The van der Waals surface area contributed by atoms with Crippen molar-refractivity contribution in [2.24, 2.45) is 0 Å². The van der Waals surface area contributed by atoms with Gasteiger partial charge in [0.05, 0.1) is 13.7 Å². The lowest BCUT2D eigenvalue weighted by molar-refractivity contribution is -0.143. The van der Waals surface area contributed by atoms with Crippen LogP contribution in [0.15, 0.2) is 18.2 Å². The molecule has 0 aliphatic heterocycles. The molecule has 0 aliphatic carbocycles. The van der Waals surface area contributed by atoms with E-state index < -0.39 is 12.7 Å². The molecule has 0 atom stereocenters. The van der Waals surface area contributed by atoms with Gasteiger partial charge in [0.25, 0.3) is 11.8 Å². The standard InChI is InChI=1S/C19H28F3N3O4/c1-13(2)24-17(26)11-29-15-7-6-14(10-16(15)28-4)18(27)23-8-5-9-25(3)12-19(20,21)22/h6-7,10,13H,5,8-9,11-12H2,1-4H3,(H,23,27)(H,24,26). The highest BCUT2D eigenvalue weighted by Crippen LogP contribution is 2.28. The quantitative estimate of drug-likeness (QED) is 0.538. The van der Waals surface area contributed by atoms with Gasteiger partial charge in [0, 0.05) is 18.2 Å². The molecular formula is C19H28F3N3O4. The number of carbonyl (C=O) groups is 2. The third-order valence-electron chi connectivity index (χ3n) is 3.69. The van der Waals surface area contributed by atoms with Gasteiger partial charge in [0.15, 0.2) is 18.1 Å². The molecule has 0 saturated carbocycles. The van der Waals surface area contributed by atoms with E-state index in [1.165, 1.54) is 32.4 Å². The van der Waals surface area contributed by atoms with E-state index in [2.05, 4.69) is 10.6 Å². The number of ether oxygens (including phenoxy) is 2. The SMILES string of the molecule is COc1cc(C(=O)NCCCN(C)CC(F)(F)F)ccc1OCC(=O)NC(C)C. The Morgan fingerprint density at radius 2 is 1.90 bits per heavy atom. The summed E-state index contributed by atoms with van der Waals surface area (Å²) >= 11 is 0. The zero-order valence-electron chi connectivity index (χ0n) is 17.1. The van der Waals surface area contributed by atoms with Crippen LogP contribution < -0.4 is 20.1 Å². The van der Waals surface area contributed by atoms with Crippen molar-refractivity contribution in [2.45, 2.75) is 32.5 Å². The molecule has 0 heterocycles. The second kappa shape index (κ2) is 11.5. The van der Waals surface area contributed by atoms with E-state index in [-0.39, 0.29) is 37.6 Å². The van der Waals surface area contributed by atoms with Gasteiger partial charge in [-0.3, -0.25) is 14.5 Å². The fourth-order valence-electron chi connectivity index (χ4n) is 2.47. The Hall–Kier alpha value is -2.49. The molecule has 2 N–H and O–H groups in total. The van der Waals surface area contributed by atoms with Crippen molar-refractivity contribution in [1.29, 1.82) is 0 Å². The zero-order valence-corrected chi connectivity index (χ0v) is 17.1. The lowest BCUT2D eigenvalue weighted by Gasteiger charge is -2.18. The maximum atomic E-state index is 12.3. The van der Waals surface area contributed by atoms with Gasteiger partial charge in [-0.25, -0.2) is 0 Å². The van der Waals surface area contributed by atoms with Crippen LogP contribution in [0.1, 0.15) is 30.6 Å². The van der Waals surface area contributed by atoms with Gasteiger partial charge < -0.3 is 20.1 Å². The van der Waals surface area contributed by atoms with E-state index in [0.29, 0.717) is 23.5 Å². The van der Waals surface area contributed by atoms with Crippen LogP contribution in [0.3, 0.4) is 0 Å². The number of methoxy groups -OCH3 is 1. The zero-order chi connectivity index (χ0) is 22.0. The molecule has 0 unspecified atom stereocenters. The number of nitrogens with one attached hydrogen (secondary N) is 2. The van der Waals surface area contributed by atoms with Crippen LogP contribution in [0.25, 0.3) is 0 Å². The molecule has 0 bridgehead atoms. The molecule has 1 rings (SSSR count). The number of alkyl halides is 3. The number of hydrogen-bond donors (Lipinski definition) is 2. The summed E-state index contributed by atoms with van der Waals surface area (Å²) in [6.45, 7) is 2.92. The first-order valence-electron chi connectivity index (χ1n) is 9.15.